The van der Waals surface area contributed by atoms with Crippen molar-refractivity contribution in [2.45, 2.75) is 39.7 Å². The molecule has 0 aromatic heterocycles. The molecule has 0 bridgehead atoms. The lowest BCUT2D eigenvalue weighted by Gasteiger charge is -2.29. The van der Waals surface area contributed by atoms with Gasteiger partial charge in [-0.1, -0.05) is 50.2 Å². The molecule has 0 spiro atoms. The van der Waals surface area contributed by atoms with Gasteiger partial charge in [-0.25, -0.2) is 0 Å². The van der Waals surface area contributed by atoms with Crippen molar-refractivity contribution in [2.75, 3.05) is 38.3 Å². The Hall–Kier alpha value is -2.66. The van der Waals surface area contributed by atoms with Crippen molar-refractivity contribution in [2.24, 2.45) is 5.92 Å². The van der Waals surface area contributed by atoms with Crippen LogP contribution in [0.3, 0.4) is 0 Å². The van der Waals surface area contributed by atoms with Gasteiger partial charge in [-0.05, 0) is 35.6 Å². The summed E-state index contributed by atoms with van der Waals surface area (Å²) in [6.45, 7) is 8.25. The molecule has 0 saturated carbocycles. The molecule has 3 rings (SSSR count). The molecule has 1 heterocycles. The molecule has 31 heavy (non-hydrogen) atoms. The van der Waals surface area contributed by atoms with Gasteiger partial charge in [0.1, 0.15) is 0 Å². The van der Waals surface area contributed by atoms with E-state index in [1.54, 1.807) is 11.9 Å². The summed E-state index contributed by atoms with van der Waals surface area (Å²) in [5, 5.41) is 0. The summed E-state index contributed by atoms with van der Waals surface area (Å²) < 4.78 is 5.40. The smallest absolute Gasteiger partial charge is 0.223 e. The van der Waals surface area contributed by atoms with Crippen molar-refractivity contribution in [3.05, 3.63) is 65.2 Å². The van der Waals surface area contributed by atoms with Crippen LogP contribution in [0.5, 0.6) is 0 Å². The van der Waals surface area contributed by atoms with Crippen molar-refractivity contribution in [3.8, 4) is 0 Å². The fraction of sp³-hybridized carbons (Fsp3) is 0.462. The van der Waals surface area contributed by atoms with E-state index in [2.05, 4.69) is 43.0 Å². The summed E-state index contributed by atoms with van der Waals surface area (Å²) in [4.78, 5) is 29.0. The number of Topliss-reactive ketones (excluding diaryl/α,β-unsaturated/α-hetero) is 1. The fourth-order valence-electron chi connectivity index (χ4n) is 3.85. The highest BCUT2D eigenvalue weighted by molar-refractivity contribution is 5.97. The standard InChI is InChI=1S/C26H34N2O3/c1-20(2)18-21-4-8-23(9-5-21)25(29)12-13-26(30)27(3)19-22-6-10-24(11-7-22)28-14-16-31-17-15-28/h4-11,20H,12-19H2,1-3H3. The lowest BCUT2D eigenvalue weighted by molar-refractivity contribution is -0.130. The molecule has 1 saturated heterocycles. The van der Waals surface area contributed by atoms with E-state index in [4.69, 9.17) is 4.74 Å². The number of ether oxygens (including phenoxy) is 1. The van der Waals surface area contributed by atoms with E-state index in [1.165, 1.54) is 11.3 Å². The van der Waals surface area contributed by atoms with Gasteiger partial charge in [-0.3, -0.25) is 9.59 Å². The van der Waals surface area contributed by atoms with Crippen LogP contribution in [-0.4, -0.2) is 49.9 Å². The maximum Gasteiger partial charge on any atom is 0.223 e. The van der Waals surface area contributed by atoms with Crippen LogP contribution in [0.25, 0.3) is 0 Å². The Morgan fingerprint density at radius 2 is 1.55 bits per heavy atom. The van der Waals surface area contributed by atoms with E-state index in [0.717, 1.165) is 38.3 Å². The molecule has 0 atom stereocenters. The van der Waals surface area contributed by atoms with Crippen LogP contribution >= 0.6 is 0 Å². The van der Waals surface area contributed by atoms with E-state index in [-0.39, 0.29) is 24.5 Å². The molecule has 1 aliphatic heterocycles. The fourth-order valence-corrected chi connectivity index (χ4v) is 3.85. The number of morpholine rings is 1. The lowest BCUT2D eigenvalue weighted by Crippen LogP contribution is -2.36. The summed E-state index contributed by atoms with van der Waals surface area (Å²) in [7, 11) is 1.80. The quantitative estimate of drug-likeness (QED) is 0.564. The van der Waals surface area contributed by atoms with Crippen molar-refractivity contribution >= 4 is 17.4 Å². The number of hydrogen-bond acceptors (Lipinski definition) is 4. The minimum absolute atomic E-state index is 0.0120. The number of nitrogens with zero attached hydrogens (tertiary/aromatic N) is 2. The molecule has 166 valence electrons. The van der Waals surface area contributed by atoms with Gasteiger partial charge >= 0.3 is 0 Å². The molecule has 1 fully saturated rings. The highest BCUT2D eigenvalue weighted by Gasteiger charge is 2.14. The third-order valence-corrected chi connectivity index (χ3v) is 5.64. The van der Waals surface area contributed by atoms with Crippen molar-refractivity contribution in [1.82, 2.24) is 4.90 Å². The number of carbonyl (C=O) groups is 2. The number of amides is 1. The molecule has 0 N–H and O–H groups in total. The molecular formula is C26H34N2O3. The Bertz CT molecular complexity index is 853. The largest absolute Gasteiger partial charge is 0.378 e. The summed E-state index contributed by atoms with van der Waals surface area (Å²) >= 11 is 0. The van der Waals surface area contributed by atoms with Gasteiger partial charge in [0.15, 0.2) is 5.78 Å². The second kappa shape index (κ2) is 11.1. The van der Waals surface area contributed by atoms with Crippen molar-refractivity contribution in [1.29, 1.82) is 0 Å². The predicted molar refractivity (Wildman–Crippen MR) is 124 cm³/mol. The van der Waals surface area contributed by atoms with E-state index in [0.29, 0.717) is 18.0 Å². The summed E-state index contributed by atoms with van der Waals surface area (Å²) in [5.74, 6) is 0.597. The number of ketones is 1. The first-order valence-electron chi connectivity index (χ1n) is 11.2. The average Bonchev–Trinajstić information content (AvgIpc) is 2.78. The molecule has 5 nitrogen and oxygen atoms in total. The number of rotatable bonds is 9. The van der Waals surface area contributed by atoms with Gasteiger partial charge in [-0.2, -0.15) is 0 Å². The van der Waals surface area contributed by atoms with Crippen molar-refractivity contribution < 1.29 is 14.3 Å². The third-order valence-electron chi connectivity index (χ3n) is 5.64. The van der Waals surface area contributed by atoms with Crippen LogP contribution in [-0.2, 0) is 22.5 Å². The van der Waals surface area contributed by atoms with Gasteiger partial charge in [0.05, 0.1) is 13.2 Å². The predicted octanol–water partition coefficient (Wildman–Crippen LogP) is 4.34. The topological polar surface area (TPSA) is 49.9 Å². The zero-order valence-electron chi connectivity index (χ0n) is 19.0. The minimum atomic E-state index is -0.0120. The van der Waals surface area contributed by atoms with Crippen LogP contribution in [0.2, 0.25) is 0 Å². The SMILES string of the molecule is CC(C)Cc1ccc(C(=O)CCC(=O)N(C)Cc2ccc(N3CCOCC3)cc2)cc1. The number of anilines is 1. The Balaban J connectivity index is 1.46. The molecule has 5 heteroatoms. The first kappa shape index (κ1) is 23.0. The average molecular weight is 423 g/mol. The van der Waals surface area contributed by atoms with Crippen LogP contribution < -0.4 is 4.90 Å². The second-order valence-electron chi connectivity index (χ2n) is 8.73. The van der Waals surface area contributed by atoms with Gasteiger partial charge in [0, 0.05) is 50.8 Å². The van der Waals surface area contributed by atoms with E-state index >= 15 is 0 Å². The van der Waals surface area contributed by atoms with E-state index < -0.39 is 0 Å². The number of benzene rings is 2. The van der Waals surface area contributed by atoms with Gasteiger partial charge < -0.3 is 14.5 Å². The summed E-state index contributed by atoms with van der Waals surface area (Å²) in [6.07, 6.45) is 1.47. The normalized spacial score (nSPS) is 14.0. The van der Waals surface area contributed by atoms with Crippen molar-refractivity contribution in [3.63, 3.8) is 0 Å². The second-order valence-corrected chi connectivity index (χ2v) is 8.73. The maximum absolute atomic E-state index is 12.5. The Morgan fingerprint density at radius 3 is 2.16 bits per heavy atom. The molecule has 0 radical (unpaired) electrons. The van der Waals surface area contributed by atoms with E-state index in [1.807, 2.05) is 24.3 Å². The molecule has 0 aliphatic carbocycles. The molecule has 0 unspecified atom stereocenters. The Morgan fingerprint density at radius 1 is 0.935 bits per heavy atom. The first-order valence-corrected chi connectivity index (χ1v) is 11.2. The Labute approximate surface area is 186 Å². The summed E-state index contributed by atoms with van der Waals surface area (Å²) in [6, 6.07) is 16.1. The van der Waals surface area contributed by atoms with Gasteiger partial charge in [0.2, 0.25) is 5.91 Å². The van der Waals surface area contributed by atoms with Gasteiger partial charge in [0.25, 0.3) is 0 Å². The van der Waals surface area contributed by atoms with E-state index in [9.17, 15) is 9.59 Å². The number of hydrogen-bond donors (Lipinski definition) is 0. The Kier molecular flexibility index (Phi) is 8.24. The highest BCUT2D eigenvalue weighted by Crippen LogP contribution is 2.18. The molecule has 2 aromatic carbocycles. The highest BCUT2D eigenvalue weighted by atomic mass is 16.5. The zero-order valence-corrected chi connectivity index (χ0v) is 19.0. The third kappa shape index (κ3) is 6.93. The molecule has 1 amide bonds. The van der Waals surface area contributed by atoms with Gasteiger partial charge in [-0.15, -0.1) is 0 Å². The van der Waals surface area contributed by atoms with Crippen LogP contribution in [0, 0.1) is 5.92 Å². The zero-order chi connectivity index (χ0) is 22.2. The first-order chi connectivity index (χ1) is 14.9. The maximum atomic E-state index is 12.5. The molecule has 2 aromatic rings. The monoisotopic (exact) mass is 422 g/mol. The molecule has 1 aliphatic rings. The summed E-state index contributed by atoms with van der Waals surface area (Å²) in [5.41, 5.74) is 4.19. The molecular weight excluding hydrogens is 388 g/mol. The van der Waals surface area contributed by atoms with Crippen LogP contribution in [0.4, 0.5) is 5.69 Å². The number of carbonyl (C=O) groups excluding carboxylic acids is 2. The lowest BCUT2D eigenvalue weighted by atomic mass is 9.99. The van der Waals surface area contributed by atoms with Crippen LogP contribution in [0.15, 0.2) is 48.5 Å². The van der Waals surface area contributed by atoms with Crippen LogP contribution in [0.1, 0.15) is 48.2 Å². The minimum Gasteiger partial charge on any atom is -0.378 e.